The molecule has 8 heteroatoms. The number of nitrogens with two attached hydrogens (primary N) is 1. The minimum Gasteiger partial charge on any atom is -0.467 e. The number of nitrogens with one attached hydrogen (secondary N) is 2. The number of aliphatic hydroxyl groups is 1. The fraction of sp³-hybridized carbons (Fsp3) is 0.769. The van der Waals surface area contributed by atoms with E-state index in [2.05, 4.69) is 39.5 Å². The van der Waals surface area contributed by atoms with Gasteiger partial charge in [-0.25, -0.2) is 5.84 Å². The van der Waals surface area contributed by atoms with Crippen molar-refractivity contribution in [3.63, 3.8) is 0 Å². The lowest BCUT2D eigenvalue weighted by Gasteiger charge is -2.40. The average Bonchev–Trinajstić information content (AvgIpc) is 2.48. The number of hydrazine groups is 1. The van der Waals surface area contributed by atoms with Crippen molar-refractivity contribution in [3.8, 4) is 6.01 Å². The highest BCUT2D eigenvalue weighted by Gasteiger charge is 2.36. The van der Waals surface area contributed by atoms with E-state index in [1.165, 1.54) is 7.11 Å². The van der Waals surface area contributed by atoms with Gasteiger partial charge in [0.15, 0.2) is 0 Å². The Labute approximate surface area is 124 Å². The molecule has 0 aromatic carbocycles. The van der Waals surface area contributed by atoms with E-state index in [1.54, 1.807) is 0 Å². The van der Waals surface area contributed by atoms with E-state index in [4.69, 9.17) is 10.6 Å². The molecule has 118 valence electrons. The van der Waals surface area contributed by atoms with Crippen LogP contribution < -0.4 is 21.3 Å². The Morgan fingerprint density at radius 1 is 1.14 bits per heavy atom. The summed E-state index contributed by atoms with van der Waals surface area (Å²) in [6.45, 7) is 4.85. The van der Waals surface area contributed by atoms with Crippen molar-refractivity contribution in [2.45, 2.75) is 45.1 Å². The van der Waals surface area contributed by atoms with Crippen molar-refractivity contribution in [2.24, 2.45) is 11.3 Å². The van der Waals surface area contributed by atoms with Crippen LogP contribution in [0.1, 0.15) is 39.5 Å². The van der Waals surface area contributed by atoms with Gasteiger partial charge in [0.05, 0.1) is 12.7 Å². The molecule has 1 aromatic rings. The Bertz CT molecular complexity index is 461. The molecule has 0 unspecified atom stereocenters. The molecular formula is C13H24N6O2. The first-order valence-corrected chi connectivity index (χ1v) is 7.09. The molecule has 5 N–H and O–H groups in total. The van der Waals surface area contributed by atoms with E-state index in [0.29, 0.717) is 17.9 Å². The third kappa shape index (κ3) is 4.15. The van der Waals surface area contributed by atoms with Gasteiger partial charge in [-0.1, -0.05) is 13.8 Å². The van der Waals surface area contributed by atoms with Crippen LogP contribution in [0.5, 0.6) is 6.01 Å². The fourth-order valence-electron chi connectivity index (χ4n) is 2.40. The molecule has 0 aliphatic heterocycles. The number of anilines is 2. The van der Waals surface area contributed by atoms with Crippen LogP contribution in [0.4, 0.5) is 11.9 Å². The van der Waals surface area contributed by atoms with Gasteiger partial charge in [-0.15, -0.1) is 0 Å². The maximum Gasteiger partial charge on any atom is 0.322 e. The van der Waals surface area contributed by atoms with Crippen LogP contribution in [0.3, 0.4) is 0 Å². The van der Waals surface area contributed by atoms with Gasteiger partial charge in [-0.3, -0.25) is 5.43 Å². The summed E-state index contributed by atoms with van der Waals surface area (Å²) in [5.74, 6) is 5.84. The van der Waals surface area contributed by atoms with Gasteiger partial charge in [-0.05, 0) is 31.1 Å². The van der Waals surface area contributed by atoms with Gasteiger partial charge in [0.1, 0.15) is 0 Å². The van der Waals surface area contributed by atoms with Gasteiger partial charge in [-0.2, -0.15) is 15.0 Å². The van der Waals surface area contributed by atoms with E-state index in [-0.39, 0.29) is 12.0 Å². The first-order chi connectivity index (χ1) is 9.86. The first-order valence-electron chi connectivity index (χ1n) is 7.09. The lowest BCUT2D eigenvalue weighted by molar-refractivity contribution is -0.0146. The summed E-state index contributed by atoms with van der Waals surface area (Å²) < 4.78 is 4.98. The van der Waals surface area contributed by atoms with E-state index < -0.39 is 5.60 Å². The molecule has 0 atom stereocenters. The van der Waals surface area contributed by atoms with Crippen molar-refractivity contribution >= 4 is 11.9 Å². The molecule has 0 radical (unpaired) electrons. The minimum absolute atomic E-state index is 0.164. The Morgan fingerprint density at radius 2 is 1.76 bits per heavy atom. The summed E-state index contributed by atoms with van der Waals surface area (Å²) in [5.41, 5.74) is 1.93. The molecule has 8 nitrogen and oxygen atoms in total. The summed E-state index contributed by atoms with van der Waals surface area (Å²) >= 11 is 0. The monoisotopic (exact) mass is 296 g/mol. The predicted molar refractivity (Wildman–Crippen MR) is 79.9 cm³/mol. The van der Waals surface area contributed by atoms with Crippen LogP contribution in [-0.2, 0) is 0 Å². The number of hydrogen-bond acceptors (Lipinski definition) is 8. The molecule has 1 saturated carbocycles. The second-order valence-corrected chi connectivity index (χ2v) is 6.36. The van der Waals surface area contributed by atoms with Crippen molar-refractivity contribution in [1.29, 1.82) is 0 Å². The molecule has 1 aliphatic rings. The Kier molecular flexibility index (Phi) is 4.48. The highest BCUT2D eigenvalue weighted by molar-refractivity contribution is 5.35. The number of hydrogen-bond donors (Lipinski definition) is 4. The van der Waals surface area contributed by atoms with Crippen LogP contribution in [0.25, 0.3) is 0 Å². The molecule has 2 rings (SSSR count). The summed E-state index contributed by atoms with van der Waals surface area (Å²) in [6, 6.07) is 0.164. The molecule has 1 aliphatic carbocycles. The fourth-order valence-corrected chi connectivity index (χ4v) is 2.40. The SMILES string of the molecule is COc1nc(NN)nc(NCC2(O)CCC(C)(C)CC2)n1. The third-order valence-electron chi connectivity index (χ3n) is 4.04. The number of nitrogens with zero attached hydrogens (tertiary/aromatic N) is 3. The van der Waals surface area contributed by atoms with E-state index in [9.17, 15) is 5.11 Å². The highest BCUT2D eigenvalue weighted by atomic mass is 16.5. The molecular weight excluding hydrogens is 272 g/mol. The van der Waals surface area contributed by atoms with Crippen molar-refractivity contribution in [2.75, 3.05) is 24.4 Å². The van der Waals surface area contributed by atoms with Crippen molar-refractivity contribution < 1.29 is 9.84 Å². The average molecular weight is 296 g/mol. The number of methoxy groups -OCH3 is 1. The van der Waals surface area contributed by atoms with Crippen LogP contribution in [0.15, 0.2) is 0 Å². The zero-order valence-corrected chi connectivity index (χ0v) is 12.8. The lowest BCUT2D eigenvalue weighted by Crippen LogP contribution is -2.42. The van der Waals surface area contributed by atoms with Gasteiger partial charge in [0.25, 0.3) is 0 Å². The lowest BCUT2D eigenvalue weighted by atomic mass is 9.71. The van der Waals surface area contributed by atoms with E-state index in [0.717, 1.165) is 25.7 Å². The smallest absolute Gasteiger partial charge is 0.322 e. The zero-order chi connectivity index (χ0) is 15.5. The van der Waals surface area contributed by atoms with Crippen LogP contribution in [0.2, 0.25) is 0 Å². The van der Waals surface area contributed by atoms with E-state index >= 15 is 0 Å². The molecule has 0 bridgehead atoms. The number of aromatic nitrogens is 3. The van der Waals surface area contributed by atoms with Gasteiger partial charge in [0.2, 0.25) is 11.9 Å². The number of nitrogen functional groups attached to an aromatic ring is 1. The van der Waals surface area contributed by atoms with Gasteiger partial charge >= 0.3 is 6.01 Å². The zero-order valence-electron chi connectivity index (χ0n) is 12.8. The van der Waals surface area contributed by atoms with Crippen molar-refractivity contribution in [1.82, 2.24) is 15.0 Å². The standard InChI is InChI=1S/C13H24N6O2/c1-12(2)4-6-13(20,7-5-12)8-15-9-16-10(19-14)18-11(17-9)21-3/h20H,4-8,14H2,1-3H3,(H2,15,16,17,18,19). The largest absolute Gasteiger partial charge is 0.467 e. The normalized spacial score (nSPS) is 19.9. The summed E-state index contributed by atoms with van der Waals surface area (Å²) in [5, 5.41) is 13.7. The number of rotatable bonds is 5. The highest BCUT2D eigenvalue weighted by Crippen LogP contribution is 2.40. The second-order valence-electron chi connectivity index (χ2n) is 6.36. The van der Waals surface area contributed by atoms with Crippen molar-refractivity contribution in [3.05, 3.63) is 0 Å². The predicted octanol–water partition coefficient (Wildman–Crippen LogP) is 0.909. The summed E-state index contributed by atoms with van der Waals surface area (Å²) in [4.78, 5) is 12.1. The molecule has 1 aromatic heterocycles. The topological polar surface area (TPSA) is 118 Å². The number of ether oxygens (including phenoxy) is 1. The van der Waals surface area contributed by atoms with E-state index in [1.807, 2.05) is 0 Å². The Hall–Kier alpha value is -1.67. The Balaban J connectivity index is 1.99. The first kappa shape index (κ1) is 15.7. The quantitative estimate of drug-likeness (QED) is 0.468. The van der Waals surface area contributed by atoms with Gasteiger partial charge in [0, 0.05) is 6.54 Å². The second kappa shape index (κ2) is 5.98. The van der Waals surface area contributed by atoms with Crippen LogP contribution >= 0.6 is 0 Å². The molecule has 1 heterocycles. The maximum atomic E-state index is 10.6. The molecule has 0 spiro atoms. The summed E-state index contributed by atoms with van der Waals surface area (Å²) in [6.07, 6.45) is 3.52. The maximum absolute atomic E-state index is 10.6. The molecule has 0 amide bonds. The molecule has 21 heavy (non-hydrogen) atoms. The Morgan fingerprint density at radius 3 is 2.33 bits per heavy atom. The van der Waals surface area contributed by atoms with Crippen LogP contribution in [0, 0.1) is 5.41 Å². The third-order valence-corrected chi connectivity index (χ3v) is 4.04. The molecule has 1 fully saturated rings. The molecule has 0 saturated heterocycles. The summed E-state index contributed by atoms with van der Waals surface area (Å²) in [7, 11) is 1.47. The van der Waals surface area contributed by atoms with Crippen LogP contribution in [-0.4, -0.2) is 39.3 Å². The van der Waals surface area contributed by atoms with Gasteiger partial charge < -0.3 is 15.2 Å². The minimum atomic E-state index is -0.730.